The van der Waals surface area contributed by atoms with Gasteiger partial charge in [-0.2, -0.15) is 13.2 Å². The second kappa shape index (κ2) is 5.97. The molecular weight excluding hydrogens is 269 g/mol. The molecular formula is C13H19F3N4. The van der Waals surface area contributed by atoms with Crippen molar-refractivity contribution in [3.05, 3.63) is 23.9 Å². The van der Waals surface area contributed by atoms with Gasteiger partial charge in [0.2, 0.25) is 0 Å². The molecule has 7 heteroatoms. The Morgan fingerprint density at radius 1 is 1.25 bits per heavy atom. The molecule has 1 aliphatic rings. The highest BCUT2D eigenvalue weighted by Gasteiger charge is 2.45. The zero-order valence-electron chi connectivity index (χ0n) is 11.4. The van der Waals surface area contributed by atoms with E-state index in [0.717, 1.165) is 6.54 Å². The fourth-order valence-corrected chi connectivity index (χ4v) is 2.52. The maximum absolute atomic E-state index is 13.4. The van der Waals surface area contributed by atoms with E-state index in [0.29, 0.717) is 26.2 Å². The van der Waals surface area contributed by atoms with Crippen molar-refractivity contribution in [2.24, 2.45) is 0 Å². The van der Waals surface area contributed by atoms with E-state index in [9.17, 15) is 13.2 Å². The Morgan fingerprint density at radius 2 is 1.90 bits per heavy atom. The quantitative estimate of drug-likeness (QED) is 0.923. The number of alkyl halides is 3. The first-order chi connectivity index (χ1) is 9.41. The van der Waals surface area contributed by atoms with E-state index in [4.69, 9.17) is 5.73 Å². The first kappa shape index (κ1) is 15.1. The number of piperazine rings is 1. The van der Waals surface area contributed by atoms with Crippen molar-refractivity contribution in [1.29, 1.82) is 0 Å². The SMILES string of the molecule is CCN1CCN(C(c2ccc(N)nc2)C(F)(F)F)CC1. The van der Waals surface area contributed by atoms with Crippen molar-refractivity contribution >= 4 is 5.82 Å². The maximum atomic E-state index is 13.4. The summed E-state index contributed by atoms with van der Waals surface area (Å²) in [5, 5.41) is 0. The second-order valence-corrected chi connectivity index (χ2v) is 4.93. The number of halogens is 3. The first-order valence-electron chi connectivity index (χ1n) is 6.66. The van der Waals surface area contributed by atoms with Gasteiger partial charge in [-0.15, -0.1) is 0 Å². The van der Waals surface area contributed by atoms with E-state index < -0.39 is 12.2 Å². The highest BCUT2D eigenvalue weighted by Crippen LogP contribution is 2.37. The zero-order chi connectivity index (χ0) is 14.8. The smallest absolute Gasteiger partial charge is 0.384 e. The molecule has 2 N–H and O–H groups in total. The van der Waals surface area contributed by atoms with E-state index in [1.165, 1.54) is 23.2 Å². The minimum atomic E-state index is -4.31. The predicted octanol–water partition coefficient (Wildman–Crippen LogP) is 1.90. The molecule has 4 nitrogen and oxygen atoms in total. The highest BCUT2D eigenvalue weighted by molar-refractivity contribution is 5.31. The van der Waals surface area contributed by atoms with Gasteiger partial charge < -0.3 is 10.6 Å². The minimum Gasteiger partial charge on any atom is -0.384 e. The molecule has 1 saturated heterocycles. The van der Waals surface area contributed by atoms with Gasteiger partial charge in [0.25, 0.3) is 0 Å². The lowest BCUT2D eigenvalue weighted by atomic mass is 10.1. The molecule has 0 radical (unpaired) electrons. The van der Waals surface area contributed by atoms with Crippen LogP contribution in [-0.2, 0) is 0 Å². The van der Waals surface area contributed by atoms with Gasteiger partial charge in [0.05, 0.1) is 0 Å². The maximum Gasteiger partial charge on any atom is 0.408 e. The minimum absolute atomic E-state index is 0.150. The fourth-order valence-electron chi connectivity index (χ4n) is 2.52. The summed E-state index contributed by atoms with van der Waals surface area (Å²) in [4.78, 5) is 7.40. The molecule has 1 aromatic rings. The van der Waals surface area contributed by atoms with Crippen LogP contribution in [0.2, 0.25) is 0 Å². The summed E-state index contributed by atoms with van der Waals surface area (Å²) in [6.07, 6.45) is -3.09. The Balaban J connectivity index is 2.19. The monoisotopic (exact) mass is 288 g/mol. The predicted molar refractivity (Wildman–Crippen MR) is 71.1 cm³/mol. The van der Waals surface area contributed by atoms with Gasteiger partial charge in [-0.1, -0.05) is 13.0 Å². The lowest BCUT2D eigenvalue weighted by Crippen LogP contribution is -2.50. The van der Waals surface area contributed by atoms with Crippen LogP contribution in [0, 0.1) is 0 Å². The third-order valence-electron chi connectivity index (χ3n) is 3.65. The molecule has 0 spiro atoms. The summed E-state index contributed by atoms with van der Waals surface area (Å²) in [7, 11) is 0. The van der Waals surface area contributed by atoms with Gasteiger partial charge in [0, 0.05) is 32.4 Å². The molecule has 0 bridgehead atoms. The number of nitrogen functional groups attached to an aromatic ring is 1. The molecule has 112 valence electrons. The Morgan fingerprint density at radius 3 is 2.35 bits per heavy atom. The molecule has 2 heterocycles. The number of rotatable bonds is 3. The van der Waals surface area contributed by atoms with E-state index >= 15 is 0 Å². The topological polar surface area (TPSA) is 45.4 Å². The van der Waals surface area contributed by atoms with Gasteiger partial charge >= 0.3 is 6.18 Å². The molecule has 1 unspecified atom stereocenters. The van der Waals surface area contributed by atoms with Crippen molar-refractivity contribution in [2.75, 3.05) is 38.5 Å². The number of nitrogens with two attached hydrogens (primary N) is 1. The molecule has 1 fully saturated rings. The molecule has 0 amide bonds. The number of likely N-dealkylation sites (N-methyl/N-ethyl adjacent to an activating group) is 1. The number of hydrogen-bond acceptors (Lipinski definition) is 4. The van der Waals surface area contributed by atoms with Crippen LogP contribution in [0.3, 0.4) is 0 Å². The summed E-state index contributed by atoms with van der Waals surface area (Å²) < 4.78 is 40.1. The average molecular weight is 288 g/mol. The molecule has 1 aromatic heterocycles. The number of pyridine rings is 1. The number of anilines is 1. The van der Waals surface area contributed by atoms with E-state index in [2.05, 4.69) is 9.88 Å². The third-order valence-corrected chi connectivity index (χ3v) is 3.65. The van der Waals surface area contributed by atoms with Gasteiger partial charge in [0.15, 0.2) is 0 Å². The fraction of sp³-hybridized carbons (Fsp3) is 0.615. The number of hydrogen-bond donors (Lipinski definition) is 1. The van der Waals surface area contributed by atoms with Crippen LogP contribution in [0.15, 0.2) is 18.3 Å². The largest absolute Gasteiger partial charge is 0.408 e. The van der Waals surface area contributed by atoms with Gasteiger partial charge in [-0.25, -0.2) is 4.98 Å². The van der Waals surface area contributed by atoms with Crippen molar-refractivity contribution in [2.45, 2.75) is 19.1 Å². The Bertz CT molecular complexity index is 424. The van der Waals surface area contributed by atoms with Gasteiger partial charge in [-0.3, -0.25) is 4.90 Å². The molecule has 0 aliphatic carbocycles. The Labute approximate surface area is 116 Å². The number of nitrogens with zero attached hydrogens (tertiary/aromatic N) is 3. The normalized spacial score (nSPS) is 20.0. The first-order valence-corrected chi connectivity index (χ1v) is 6.66. The summed E-state index contributed by atoms with van der Waals surface area (Å²) in [6.45, 7) is 5.01. The van der Waals surface area contributed by atoms with E-state index in [1.54, 1.807) is 0 Å². The standard InChI is InChI=1S/C13H19F3N4/c1-2-19-5-7-20(8-6-19)12(13(14,15)16)10-3-4-11(17)18-9-10/h3-4,9,12H,2,5-8H2,1H3,(H2,17,18). The second-order valence-electron chi connectivity index (χ2n) is 4.93. The number of aromatic nitrogens is 1. The summed E-state index contributed by atoms with van der Waals surface area (Å²) in [5.41, 5.74) is 5.59. The van der Waals surface area contributed by atoms with Crippen molar-refractivity contribution in [1.82, 2.24) is 14.8 Å². The molecule has 1 aliphatic heterocycles. The summed E-state index contributed by atoms with van der Waals surface area (Å²) >= 11 is 0. The van der Waals surface area contributed by atoms with Crippen LogP contribution in [0.4, 0.5) is 19.0 Å². The van der Waals surface area contributed by atoms with Gasteiger partial charge in [-0.05, 0) is 18.2 Å². The van der Waals surface area contributed by atoms with E-state index in [1.807, 2.05) is 6.92 Å². The van der Waals surface area contributed by atoms with Crippen LogP contribution in [0.5, 0.6) is 0 Å². The third kappa shape index (κ3) is 3.40. The van der Waals surface area contributed by atoms with E-state index in [-0.39, 0.29) is 11.4 Å². The molecule has 20 heavy (non-hydrogen) atoms. The summed E-state index contributed by atoms with van der Waals surface area (Å²) in [5.74, 6) is 0.227. The molecule has 0 aromatic carbocycles. The molecule has 2 rings (SSSR count). The van der Waals surface area contributed by atoms with Crippen LogP contribution < -0.4 is 5.73 Å². The average Bonchev–Trinajstić information content (AvgIpc) is 2.41. The molecule has 1 atom stereocenters. The van der Waals surface area contributed by atoms with Crippen molar-refractivity contribution < 1.29 is 13.2 Å². The zero-order valence-corrected chi connectivity index (χ0v) is 11.4. The van der Waals surface area contributed by atoms with Crippen LogP contribution in [-0.4, -0.2) is 53.7 Å². The lowest BCUT2D eigenvalue weighted by Gasteiger charge is -2.39. The van der Waals surface area contributed by atoms with Crippen LogP contribution in [0.25, 0.3) is 0 Å². The Hall–Kier alpha value is -1.34. The van der Waals surface area contributed by atoms with Gasteiger partial charge in [0.1, 0.15) is 11.9 Å². The Kier molecular flexibility index (Phi) is 4.49. The van der Waals surface area contributed by atoms with Crippen molar-refractivity contribution in [3.8, 4) is 0 Å². The lowest BCUT2D eigenvalue weighted by molar-refractivity contribution is -0.190. The van der Waals surface area contributed by atoms with Crippen molar-refractivity contribution in [3.63, 3.8) is 0 Å². The molecule has 0 saturated carbocycles. The highest BCUT2D eigenvalue weighted by atomic mass is 19.4. The van der Waals surface area contributed by atoms with Crippen LogP contribution >= 0.6 is 0 Å². The summed E-state index contributed by atoms with van der Waals surface area (Å²) in [6, 6.07) is 1.22. The van der Waals surface area contributed by atoms with Crippen LogP contribution in [0.1, 0.15) is 18.5 Å².